The quantitative estimate of drug-likeness (QED) is 0.626. The van der Waals surface area contributed by atoms with Gasteiger partial charge in [-0.25, -0.2) is 9.97 Å². The molecular weight excluding hydrogens is 461 g/mol. The Hall–Kier alpha value is -1.54. The van der Waals surface area contributed by atoms with E-state index >= 15 is 0 Å². The summed E-state index contributed by atoms with van der Waals surface area (Å²) in [6.07, 6.45) is -4.83. The van der Waals surface area contributed by atoms with Gasteiger partial charge in [-0.05, 0) is 15.9 Å². The van der Waals surface area contributed by atoms with Gasteiger partial charge in [0.05, 0.1) is 32.6 Å². The van der Waals surface area contributed by atoms with Crippen LogP contribution in [0.3, 0.4) is 0 Å². The van der Waals surface area contributed by atoms with Crippen LogP contribution in [-0.4, -0.2) is 91.0 Å². The van der Waals surface area contributed by atoms with Gasteiger partial charge in [-0.1, -0.05) is 0 Å². The van der Waals surface area contributed by atoms with Gasteiger partial charge in [0.1, 0.15) is 4.60 Å². The van der Waals surface area contributed by atoms with Crippen molar-refractivity contribution >= 4 is 27.7 Å². The predicted molar refractivity (Wildman–Crippen MR) is 100 cm³/mol. The highest BCUT2D eigenvalue weighted by Gasteiger charge is 2.37. The van der Waals surface area contributed by atoms with Crippen LogP contribution in [0.15, 0.2) is 4.60 Å². The van der Waals surface area contributed by atoms with Gasteiger partial charge < -0.3 is 20.5 Å². The Morgan fingerprint density at radius 3 is 2.10 bits per heavy atom. The van der Waals surface area contributed by atoms with Crippen molar-refractivity contribution in [3.63, 3.8) is 0 Å². The van der Waals surface area contributed by atoms with E-state index in [4.69, 9.17) is 15.2 Å². The summed E-state index contributed by atoms with van der Waals surface area (Å²) in [5.74, 6) is -1.26. The van der Waals surface area contributed by atoms with Crippen LogP contribution < -0.4 is 11.1 Å². The number of carbonyl (C=O) groups excluding carboxylic acids is 1. The van der Waals surface area contributed by atoms with Crippen molar-refractivity contribution in [1.82, 2.24) is 25.1 Å². The van der Waals surface area contributed by atoms with Crippen molar-refractivity contribution in [2.24, 2.45) is 0 Å². The molecule has 0 bridgehead atoms. The maximum atomic E-state index is 12.9. The Kier molecular flexibility index (Phi) is 7.27. The second-order valence-corrected chi connectivity index (χ2v) is 7.33. The summed E-state index contributed by atoms with van der Waals surface area (Å²) in [6.45, 7) is 5.49. The number of nitrogens with one attached hydrogen (secondary N) is 1. The number of carbonyl (C=O) groups is 1. The summed E-state index contributed by atoms with van der Waals surface area (Å²) in [6, 6.07) is 0. The molecule has 0 spiro atoms. The van der Waals surface area contributed by atoms with Crippen LogP contribution in [0, 0.1) is 0 Å². The maximum absolute atomic E-state index is 12.9. The van der Waals surface area contributed by atoms with Crippen molar-refractivity contribution in [1.29, 1.82) is 0 Å². The van der Waals surface area contributed by atoms with E-state index in [0.717, 1.165) is 0 Å². The van der Waals surface area contributed by atoms with Crippen molar-refractivity contribution < 1.29 is 27.4 Å². The molecule has 1 aromatic heterocycles. The fourth-order valence-electron chi connectivity index (χ4n) is 3.28. The van der Waals surface area contributed by atoms with E-state index in [1.165, 1.54) is 0 Å². The molecule has 29 heavy (non-hydrogen) atoms. The molecule has 2 aliphatic heterocycles. The number of rotatable bonds is 5. The third-order valence-electron chi connectivity index (χ3n) is 4.74. The fourth-order valence-corrected chi connectivity index (χ4v) is 3.77. The summed E-state index contributed by atoms with van der Waals surface area (Å²) in [7, 11) is 0. The summed E-state index contributed by atoms with van der Waals surface area (Å²) in [5.41, 5.74) is 3.94. The molecule has 162 valence electrons. The SMILES string of the molecule is Nc1nc(C(F)(F)F)c(Br)nc1C(=O)NCC(N1CCOCC1)N1CCOCC1. The van der Waals surface area contributed by atoms with Crippen LogP contribution in [0.4, 0.5) is 19.0 Å². The van der Waals surface area contributed by atoms with Gasteiger partial charge in [0.2, 0.25) is 0 Å². The second kappa shape index (κ2) is 9.51. The van der Waals surface area contributed by atoms with Gasteiger partial charge in [0.15, 0.2) is 17.2 Å². The number of amides is 1. The Morgan fingerprint density at radius 1 is 1.10 bits per heavy atom. The normalized spacial score (nSPS) is 19.5. The molecule has 0 saturated carbocycles. The standard InChI is InChI=1S/C16H22BrF3N6O3/c17-13-12(16(18,19)20)24-14(21)11(23-13)15(27)22-9-10(25-1-5-28-6-2-25)26-3-7-29-8-4-26/h10H,1-9H2,(H2,21,24)(H,22,27). The molecule has 0 unspecified atom stereocenters. The summed E-state index contributed by atoms with van der Waals surface area (Å²) >= 11 is 2.72. The van der Waals surface area contributed by atoms with E-state index in [1.807, 2.05) is 0 Å². The first-order chi connectivity index (χ1) is 13.8. The molecule has 3 heterocycles. The molecule has 0 aliphatic carbocycles. The molecule has 1 amide bonds. The molecule has 1 aromatic rings. The van der Waals surface area contributed by atoms with Crippen LogP contribution >= 0.6 is 15.9 Å². The molecule has 2 fully saturated rings. The minimum Gasteiger partial charge on any atom is -0.382 e. The number of anilines is 1. The molecule has 13 heteroatoms. The molecule has 9 nitrogen and oxygen atoms in total. The Morgan fingerprint density at radius 2 is 1.62 bits per heavy atom. The van der Waals surface area contributed by atoms with Gasteiger partial charge >= 0.3 is 6.18 Å². The molecule has 0 radical (unpaired) electrons. The highest BCUT2D eigenvalue weighted by molar-refractivity contribution is 9.10. The number of halogens is 4. The minimum absolute atomic E-state index is 0.0983. The van der Waals surface area contributed by atoms with E-state index in [0.29, 0.717) is 52.6 Å². The van der Waals surface area contributed by atoms with Crippen LogP contribution in [0.2, 0.25) is 0 Å². The van der Waals surface area contributed by atoms with Crippen molar-refractivity contribution in [2.75, 3.05) is 64.9 Å². The van der Waals surface area contributed by atoms with Crippen LogP contribution in [-0.2, 0) is 15.7 Å². The fraction of sp³-hybridized carbons (Fsp3) is 0.688. The van der Waals surface area contributed by atoms with Crippen LogP contribution in [0.5, 0.6) is 0 Å². The minimum atomic E-state index is -4.73. The first-order valence-electron chi connectivity index (χ1n) is 9.09. The molecule has 0 aromatic carbocycles. The van der Waals surface area contributed by atoms with E-state index in [-0.39, 0.29) is 18.4 Å². The number of nitrogen functional groups attached to an aromatic ring is 1. The van der Waals surface area contributed by atoms with Gasteiger partial charge in [-0.3, -0.25) is 14.6 Å². The summed E-state index contributed by atoms with van der Waals surface area (Å²) < 4.78 is 48.9. The van der Waals surface area contributed by atoms with Crippen LogP contribution in [0.1, 0.15) is 16.2 Å². The number of ether oxygens (including phenoxy) is 2. The third kappa shape index (κ3) is 5.54. The lowest BCUT2D eigenvalue weighted by molar-refractivity contribution is -0.142. The lowest BCUT2D eigenvalue weighted by Crippen LogP contribution is -2.59. The Bertz CT molecular complexity index is 709. The topological polar surface area (TPSA) is 106 Å². The average Bonchev–Trinajstić information content (AvgIpc) is 2.70. The van der Waals surface area contributed by atoms with E-state index in [9.17, 15) is 18.0 Å². The first kappa shape index (κ1) is 22.2. The number of nitrogens with two attached hydrogens (primary N) is 1. The summed E-state index contributed by atoms with van der Waals surface area (Å²) in [5, 5.41) is 2.73. The molecule has 2 saturated heterocycles. The first-order valence-corrected chi connectivity index (χ1v) is 9.88. The van der Waals surface area contributed by atoms with Gasteiger partial charge in [-0.2, -0.15) is 13.2 Å². The highest BCUT2D eigenvalue weighted by Crippen LogP contribution is 2.33. The zero-order valence-corrected chi connectivity index (χ0v) is 17.1. The largest absolute Gasteiger partial charge is 0.436 e. The smallest absolute Gasteiger partial charge is 0.382 e. The number of aromatic nitrogens is 2. The highest BCUT2D eigenvalue weighted by atomic mass is 79.9. The monoisotopic (exact) mass is 482 g/mol. The van der Waals surface area contributed by atoms with Crippen molar-refractivity contribution in [3.8, 4) is 0 Å². The van der Waals surface area contributed by atoms with E-state index < -0.39 is 28.2 Å². The number of hydrogen-bond donors (Lipinski definition) is 2. The second-order valence-electron chi connectivity index (χ2n) is 6.58. The summed E-state index contributed by atoms with van der Waals surface area (Å²) in [4.78, 5) is 23.9. The lowest BCUT2D eigenvalue weighted by atomic mass is 10.2. The van der Waals surface area contributed by atoms with E-state index in [1.54, 1.807) is 0 Å². The van der Waals surface area contributed by atoms with Gasteiger partial charge in [-0.15, -0.1) is 0 Å². The Labute approximate surface area is 173 Å². The molecule has 2 aliphatic rings. The molecular formula is C16H22BrF3N6O3. The average molecular weight is 483 g/mol. The molecule has 0 atom stereocenters. The molecule has 3 N–H and O–H groups in total. The number of nitrogens with zero attached hydrogens (tertiary/aromatic N) is 4. The maximum Gasteiger partial charge on any atom is 0.436 e. The van der Waals surface area contributed by atoms with E-state index in [2.05, 4.69) is 41.0 Å². The Balaban J connectivity index is 1.71. The number of alkyl halides is 3. The van der Waals surface area contributed by atoms with Gasteiger partial charge in [0.25, 0.3) is 5.91 Å². The third-order valence-corrected chi connectivity index (χ3v) is 5.30. The van der Waals surface area contributed by atoms with Crippen molar-refractivity contribution in [3.05, 3.63) is 16.0 Å². The number of morpholine rings is 2. The number of hydrogen-bond acceptors (Lipinski definition) is 8. The lowest BCUT2D eigenvalue weighted by Gasteiger charge is -2.42. The zero-order valence-electron chi connectivity index (χ0n) is 15.5. The molecule has 3 rings (SSSR count). The van der Waals surface area contributed by atoms with Crippen molar-refractivity contribution in [2.45, 2.75) is 12.3 Å². The van der Waals surface area contributed by atoms with Crippen LogP contribution in [0.25, 0.3) is 0 Å². The van der Waals surface area contributed by atoms with Gasteiger partial charge in [0, 0.05) is 32.7 Å². The zero-order chi connectivity index (χ0) is 21.0. The predicted octanol–water partition coefficient (Wildman–Crippen LogP) is 0.560.